The fraction of sp³-hybridized carbons (Fsp3) is 0.154. The first-order chi connectivity index (χ1) is 8.20. The molecule has 0 aliphatic rings. The molecule has 2 aromatic rings. The van der Waals surface area contributed by atoms with E-state index in [-0.39, 0.29) is 0 Å². The van der Waals surface area contributed by atoms with Crippen molar-refractivity contribution in [3.05, 3.63) is 50.7 Å². The van der Waals surface area contributed by atoms with Gasteiger partial charge in [0.1, 0.15) is 6.07 Å². The number of nitrogens with zero attached hydrogens (tertiary/aromatic N) is 1. The fourth-order valence-electron chi connectivity index (χ4n) is 1.52. The van der Waals surface area contributed by atoms with E-state index in [0.717, 1.165) is 12.2 Å². The second kappa shape index (κ2) is 5.22. The lowest BCUT2D eigenvalue weighted by Gasteiger charge is -2.08. The lowest BCUT2D eigenvalue weighted by Crippen LogP contribution is -2.01. The first-order valence-electron chi connectivity index (χ1n) is 5.16. The van der Waals surface area contributed by atoms with Crippen LogP contribution in [0.3, 0.4) is 0 Å². The van der Waals surface area contributed by atoms with Crippen LogP contribution in [-0.4, -0.2) is 0 Å². The van der Waals surface area contributed by atoms with Crippen LogP contribution in [0.5, 0.6) is 0 Å². The van der Waals surface area contributed by atoms with Crippen LogP contribution in [0, 0.1) is 18.3 Å². The smallest absolute Gasteiger partial charge is 0.101 e. The molecule has 1 aromatic carbocycles. The van der Waals surface area contributed by atoms with Crippen LogP contribution in [0.4, 0.5) is 5.69 Å². The topological polar surface area (TPSA) is 35.8 Å². The maximum Gasteiger partial charge on any atom is 0.101 e. The second-order valence-corrected chi connectivity index (χ2v) is 4.92. The highest BCUT2D eigenvalue weighted by atomic mass is 35.5. The van der Waals surface area contributed by atoms with Crippen LogP contribution in [0.1, 0.15) is 16.7 Å². The summed E-state index contributed by atoms with van der Waals surface area (Å²) in [5.74, 6) is 0. The minimum absolute atomic E-state index is 0.574. The van der Waals surface area contributed by atoms with Gasteiger partial charge in [-0.2, -0.15) is 16.6 Å². The van der Waals surface area contributed by atoms with Gasteiger partial charge < -0.3 is 5.32 Å². The highest BCUT2D eigenvalue weighted by molar-refractivity contribution is 7.08. The number of rotatable bonds is 3. The Morgan fingerprint density at radius 3 is 2.88 bits per heavy atom. The van der Waals surface area contributed by atoms with Gasteiger partial charge in [-0.25, -0.2) is 0 Å². The molecular formula is C13H11ClN2S. The Hall–Kier alpha value is -1.50. The summed E-state index contributed by atoms with van der Waals surface area (Å²) >= 11 is 7.53. The molecule has 4 heteroatoms. The van der Waals surface area contributed by atoms with Gasteiger partial charge in [-0.1, -0.05) is 11.6 Å². The summed E-state index contributed by atoms with van der Waals surface area (Å²) in [5.41, 5.74) is 3.93. The van der Waals surface area contributed by atoms with Gasteiger partial charge in [-0.15, -0.1) is 0 Å². The average molecular weight is 263 g/mol. The number of aryl methyl sites for hydroxylation is 1. The van der Waals surface area contributed by atoms with Gasteiger partial charge in [0.05, 0.1) is 11.3 Å². The molecule has 0 aliphatic carbocycles. The van der Waals surface area contributed by atoms with Gasteiger partial charge in [0.2, 0.25) is 0 Å². The number of nitriles is 1. The van der Waals surface area contributed by atoms with E-state index in [0.29, 0.717) is 10.6 Å². The van der Waals surface area contributed by atoms with E-state index in [4.69, 9.17) is 16.9 Å². The van der Waals surface area contributed by atoms with E-state index in [2.05, 4.69) is 29.1 Å². The van der Waals surface area contributed by atoms with Crippen molar-refractivity contribution in [1.82, 2.24) is 0 Å². The lowest BCUT2D eigenvalue weighted by molar-refractivity contribution is 1.13. The summed E-state index contributed by atoms with van der Waals surface area (Å²) in [6, 6.07) is 7.43. The Labute approximate surface area is 109 Å². The molecule has 2 nitrogen and oxygen atoms in total. The van der Waals surface area contributed by atoms with E-state index in [9.17, 15) is 0 Å². The van der Waals surface area contributed by atoms with Crippen LogP contribution < -0.4 is 5.32 Å². The summed E-state index contributed by atoms with van der Waals surface area (Å²) in [4.78, 5) is 0. The molecule has 17 heavy (non-hydrogen) atoms. The normalized spacial score (nSPS) is 9.94. The average Bonchev–Trinajstić information content (AvgIpc) is 2.73. The fourth-order valence-corrected chi connectivity index (χ4v) is 2.55. The summed E-state index contributed by atoms with van der Waals surface area (Å²) in [7, 11) is 0. The van der Waals surface area contributed by atoms with Gasteiger partial charge in [0.15, 0.2) is 0 Å². The molecule has 0 fully saturated rings. The molecule has 0 spiro atoms. The third-order valence-corrected chi connectivity index (χ3v) is 3.68. The van der Waals surface area contributed by atoms with E-state index >= 15 is 0 Å². The number of halogens is 1. The van der Waals surface area contributed by atoms with Crippen LogP contribution in [0.2, 0.25) is 5.02 Å². The maximum atomic E-state index is 9.01. The molecule has 1 heterocycles. The molecule has 0 amide bonds. The molecule has 1 aromatic heterocycles. The molecule has 86 valence electrons. The molecule has 0 radical (unpaired) electrons. The summed E-state index contributed by atoms with van der Waals surface area (Å²) in [6.45, 7) is 2.81. The number of anilines is 1. The van der Waals surface area contributed by atoms with Crippen LogP contribution in [0.25, 0.3) is 0 Å². The minimum atomic E-state index is 0.574. The van der Waals surface area contributed by atoms with Gasteiger partial charge in [-0.3, -0.25) is 0 Å². The molecular weight excluding hydrogens is 252 g/mol. The summed E-state index contributed by atoms with van der Waals surface area (Å²) in [5, 5.41) is 17.1. The highest BCUT2D eigenvalue weighted by Gasteiger charge is 2.04. The zero-order valence-corrected chi connectivity index (χ0v) is 10.9. The Balaban J connectivity index is 2.15. The summed E-state index contributed by atoms with van der Waals surface area (Å²) in [6.07, 6.45) is 0. The van der Waals surface area contributed by atoms with E-state index in [1.807, 2.05) is 6.07 Å². The van der Waals surface area contributed by atoms with Gasteiger partial charge in [0.25, 0.3) is 0 Å². The van der Waals surface area contributed by atoms with Crippen molar-refractivity contribution in [2.24, 2.45) is 0 Å². The molecule has 1 N–H and O–H groups in total. The highest BCUT2D eigenvalue weighted by Crippen LogP contribution is 2.21. The number of hydrogen-bond acceptors (Lipinski definition) is 3. The van der Waals surface area contributed by atoms with Gasteiger partial charge in [0, 0.05) is 11.6 Å². The zero-order chi connectivity index (χ0) is 12.3. The third kappa shape index (κ3) is 2.79. The number of hydrogen-bond donors (Lipinski definition) is 1. The van der Waals surface area contributed by atoms with E-state index in [1.54, 1.807) is 23.5 Å². The van der Waals surface area contributed by atoms with Crippen molar-refractivity contribution in [1.29, 1.82) is 5.26 Å². The lowest BCUT2D eigenvalue weighted by atomic mass is 10.1. The zero-order valence-electron chi connectivity index (χ0n) is 9.33. The SMILES string of the molecule is Cc1cscc1CNc1ccc(Cl)cc1C#N. The first kappa shape index (κ1) is 12.0. The number of nitrogens with one attached hydrogen (secondary N) is 1. The van der Waals surface area contributed by atoms with Gasteiger partial charge in [-0.05, 0) is 47.0 Å². The third-order valence-electron chi connectivity index (χ3n) is 2.53. The van der Waals surface area contributed by atoms with Crippen molar-refractivity contribution in [2.45, 2.75) is 13.5 Å². The predicted octanol–water partition coefficient (Wildman–Crippen LogP) is 4.19. The second-order valence-electron chi connectivity index (χ2n) is 3.74. The van der Waals surface area contributed by atoms with Crippen molar-refractivity contribution in [3.63, 3.8) is 0 Å². The predicted molar refractivity (Wildman–Crippen MR) is 72.5 cm³/mol. The van der Waals surface area contributed by atoms with E-state index < -0.39 is 0 Å². The first-order valence-corrected chi connectivity index (χ1v) is 6.48. The molecule has 0 atom stereocenters. The van der Waals surface area contributed by atoms with Crippen molar-refractivity contribution >= 4 is 28.6 Å². The molecule has 0 saturated heterocycles. The number of thiophene rings is 1. The number of benzene rings is 1. The van der Waals surface area contributed by atoms with E-state index in [1.165, 1.54) is 11.1 Å². The standard InChI is InChI=1S/C13H11ClN2S/c1-9-7-17-8-11(9)6-16-13-3-2-12(14)4-10(13)5-15/h2-4,7-8,16H,6H2,1H3. The van der Waals surface area contributed by atoms with Crippen LogP contribution in [-0.2, 0) is 6.54 Å². The van der Waals surface area contributed by atoms with Crippen LogP contribution in [0.15, 0.2) is 29.0 Å². The molecule has 2 rings (SSSR count). The quantitative estimate of drug-likeness (QED) is 0.900. The minimum Gasteiger partial charge on any atom is -0.380 e. The van der Waals surface area contributed by atoms with Crippen LogP contribution >= 0.6 is 22.9 Å². The van der Waals surface area contributed by atoms with Crippen molar-refractivity contribution < 1.29 is 0 Å². The monoisotopic (exact) mass is 262 g/mol. The molecule has 0 aliphatic heterocycles. The summed E-state index contributed by atoms with van der Waals surface area (Å²) < 4.78 is 0. The molecule has 0 saturated carbocycles. The molecule has 0 bridgehead atoms. The van der Waals surface area contributed by atoms with Crippen molar-refractivity contribution in [3.8, 4) is 6.07 Å². The Morgan fingerprint density at radius 1 is 1.41 bits per heavy atom. The Morgan fingerprint density at radius 2 is 2.24 bits per heavy atom. The van der Waals surface area contributed by atoms with Gasteiger partial charge >= 0.3 is 0 Å². The maximum absolute atomic E-state index is 9.01. The Kier molecular flexibility index (Phi) is 3.68. The largest absolute Gasteiger partial charge is 0.380 e. The molecule has 0 unspecified atom stereocenters. The Bertz CT molecular complexity index is 569. The van der Waals surface area contributed by atoms with Crippen molar-refractivity contribution in [2.75, 3.05) is 5.32 Å².